The van der Waals surface area contributed by atoms with Crippen molar-refractivity contribution in [3.63, 3.8) is 0 Å². The predicted molar refractivity (Wildman–Crippen MR) is 60.4 cm³/mol. The maximum absolute atomic E-state index is 12.0. The van der Waals surface area contributed by atoms with Crippen molar-refractivity contribution in [2.75, 3.05) is 13.1 Å². The van der Waals surface area contributed by atoms with Gasteiger partial charge in [-0.15, -0.1) is 0 Å². The van der Waals surface area contributed by atoms with Crippen LogP contribution >= 0.6 is 0 Å². The van der Waals surface area contributed by atoms with E-state index in [-0.39, 0.29) is 5.54 Å². The van der Waals surface area contributed by atoms with E-state index in [0.29, 0.717) is 11.8 Å². The zero-order valence-electron chi connectivity index (χ0n) is 9.67. The van der Waals surface area contributed by atoms with Gasteiger partial charge in [-0.05, 0) is 19.3 Å². The normalized spacial score (nSPS) is 25.3. The van der Waals surface area contributed by atoms with Crippen molar-refractivity contribution in [1.82, 2.24) is 4.90 Å². The molecule has 1 saturated heterocycles. The summed E-state index contributed by atoms with van der Waals surface area (Å²) in [5.41, 5.74) is 6.08. The quantitative estimate of drug-likeness (QED) is 0.767. The molecule has 2 fully saturated rings. The minimum atomic E-state index is -0.0665. The molecule has 1 aliphatic heterocycles. The predicted octanol–water partition coefficient (Wildman–Crippen LogP) is 1.52. The second kappa shape index (κ2) is 4.12. The molecule has 0 aromatic rings. The molecule has 0 unspecified atom stereocenters. The number of amides is 1. The molecule has 86 valence electrons. The first-order chi connectivity index (χ1) is 7.14. The number of nitrogens with zero attached hydrogens (tertiary/aromatic N) is 1. The average Bonchev–Trinajstić information content (AvgIpc) is 2.66. The molecule has 3 heteroatoms. The fourth-order valence-corrected chi connectivity index (χ4v) is 2.96. The summed E-state index contributed by atoms with van der Waals surface area (Å²) >= 11 is 0. The summed E-state index contributed by atoms with van der Waals surface area (Å²) in [5, 5.41) is 0. The number of rotatable bonds is 3. The van der Waals surface area contributed by atoms with Crippen molar-refractivity contribution in [3.05, 3.63) is 0 Å². The minimum Gasteiger partial charge on any atom is -0.339 e. The van der Waals surface area contributed by atoms with Gasteiger partial charge in [0.25, 0.3) is 0 Å². The molecule has 1 saturated carbocycles. The molecule has 1 aliphatic carbocycles. The van der Waals surface area contributed by atoms with E-state index < -0.39 is 0 Å². The largest absolute Gasteiger partial charge is 0.339 e. The van der Waals surface area contributed by atoms with Crippen LogP contribution in [-0.4, -0.2) is 29.4 Å². The van der Waals surface area contributed by atoms with Crippen LogP contribution < -0.4 is 5.73 Å². The average molecular weight is 210 g/mol. The second-order valence-electron chi connectivity index (χ2n) is 5.29. The summed E-state index contributed by atoms with van der Waals surface area (Å²) in [7, 11) is 0. The fourth-order valence-electron chi connectivity index (χ4n) is 2.96. The molecule has 0 atom stereocenters. The minimum absolute atomic E-state index is 0.0665. The Kier molecular flexibility index (Phi) is 3.01. The van der Waals surface area contributed by atoms with Crippen LogP contribution in [-0.2, 0) is 4.79 Å². The zero-order chi connectivity index (χ0) is 10.9. The molecule has 0 aromatic carbocycles. The molecule has 1 amide bonds. The summed E-state index contributed by atoms with van der Waals surface area (Å²) in [6, 6.07) is 0. The van der Waals surface area contributed by atoms with Gasteiger partial charge in [-0.1, -0.05) is 26.2 Å². The van der Waals surface area contributed by atoms with Gasteiger partial charge in [-0.2, -0.15) is 0 Å². The van der Waals surface area contributed by atoms with Gasteiger partial charge in [0.05, 0.1) is 5.54 Å². The van der Waals surface area contributed by atoms with Crippen molar-refractivity contribution in [2.24, 2.45) is 11.7 Å². The van der Waals surface area contributed by atoms with Crippen LogP contribution in [0.4, 0.5) is 0 Å². The first-order valence-corrected chi connectivity index (χ1v) is 6.22. The third kappa shape index (κ3) is 2.17. The van der Waals surface area contributed by atoms with Crippen LogP contribution in [0.3, 0.4) is 0 Å². The molecule has 3 nitrogen and oxygen atoms in total. The molecule has 2 aliphatic rings. The van der Waals surface area contributed by atoms with E-state index in [1.807, 2.05) is 4.90 Å². The van der Waals surface area contributed by atoms with E-state index >= 15 is 0 Å². The number of hydrogen-bond acceptors (Lipinski definition) is 2. The van der Waals surface area contributed by atoms with Crippen LogP contribution in [0.1, 0.15) is 45.4 Å². The van der Waals surface area contributed by atoms with Gasteiger partial charge in [0.15, 0.2) is 0 Å². The van der Waals surface area contributed by atoms with Gasteiger partial charge in [-0.3, -0.25) is 4.79 Å². The number of carbonyl (C=O) groups excluding carboxylic acids is 1. The highest BCUT2D eigenvalue weighted by molar-refractivity contribution is 5.80. The lowest BCUT2D eigenvalue weighted by Gasteiger charge is -2.48. The lowest BCUT2D eigenvalue weighted by Crippen LogP contribution is -2.69. The van der Waals surface area contributed by atoms with Crippen LogP contribution in [0.25, 0.3) is 0 Å². The Balaban J connectivity index is 1.80. The number of carbonyl (C=O) groups is 1. The molecule has 15 heavy (non-hydrogen) atoms. The monoisotopic (exact) mass is 210 g/mol. The number of nitrogens with two attached hydrogens (primary N) is 1. The highest BCUT2D eigenvalue weighted by Crippen LogP contribution is 2.31. The lowest BCUT2D eigenvalue weighted by atomic mass is 9.85. The first-order valence-electron chi connectivity index (χ1n) is 6.22. The number of likely N-dealkylation sites (tertiary alicyclic amines) is 1. The van der Waals surface area contributed by atoms with Crippen molar-refractivity contribution < 1.29 is 4.79 Å². The van der Waals surface area contributed by atoms with Gasteiger partial charge in [0.1, 0.15) is 0 Å². The SMILES string of the molecule is CCCC1(N)CN(C(=O)C2CCCC2)C1. The van der Waals surface area contributed by atoms with Crippen LogP contribution in [0.2, 0.25) is 0 Å². The molecule has 0 radical (unpaired) electrons. The van der Waals surface area contributed by atoms with E-state index in [1.165, 1.54) is 12.8 Å². The molecule has 1 heterocycles. The van der Waals surface area contributed by atoms with E-state index in [0.717, 1.165) is 38.8 Å². The first kappa shape index (κ1) is 10.9. The Morgan fingerprint density at radius 3 is 2.53 bits per heavy atom. The van der Waals surface area contributed by atoms with Crippen LogP contribution in [0.15, 0.2) is 0 Å². The molecule has 2 rings (SSSR count). The van der Waals surface area contributed by atoms with E-state index in [9.17, 15) is 4.79 Å². The van der Waals surface area contributed by atoms with Gasteiger partial charge >= 0.3 is 0 Å². The molecular formula is C12H22N2O. The van der Waals surface area contributed by atoms with Gasteiger partial charge in [-0.25, -0.2) is 0 Å². The Bertz CT molecular complexity index is 240. The lowest BCUT2D eigenvalue weighted by molar-refractivity contribution is -0.143. The third-order valence-corrected chi connectivity index (χ3v) is 3.78. The fraction of sp³-hybridized carbons (Fsp3) is 0.917. The summed E-state index contributed by atoms with van der Waals surface area (Å²) in [6.45, 7) is 3.72. The van der Waals surface area contributed by atoms with Crippen molar-refractivity contribution in [1.29, 1.82) is 0 Å². The molecular weight excluding hydrogens is 188 g/mol. The summed E-state index contributed by atoms with van der Waals surface area (Å²) in [4.78, 5) is 14.0. The van der Waals surface area contributed by atoms with Crippen LogP contribution in [0, 0.1) is 5.92 Å². The standard InChI is InChI=1S/C12H22N2O/c1-2-7-12(13)8-14(9-12)11(15)10-5-3-4-6-10/h10H,2-9,13H2,1H3. The van der Waals surface area contributed by atoms with E-state index in [1.54, 1.807) is 0 Å². The van der Waals surface area contributed by atoms with Crippen molar-refractivity contribution in [2.45, 2.75) is 51.0 Å². The van der Waals surface area contributed by atoms with E-state index in [2.05, 4.69) is 6.92 Å². The second-order valence-corrected chi connectivity index (χ2v) is 5.29. The van der Waals surface area contributed by atoms with Gasteiger partial charge in [0, 0.05) is 19.0 Å². The van der Waals surface area contributed by atoms with Gasteiger partial charge < -0.3 is 10.6 Å². The summed E-state index contributed by atoms with van der Waals surface area (Å²) in [6.07, 6.45) is 6.81. The zero-order valence-corrected chi connectivity index (χ0v) is 9.67. The summed E-state index contributed by atoms with van der Waals surface area (Å²) in [5.74, 6) is 0.681. The molecule has 0 spiro atoms. The smallest absolute Gasteiger partial charge is 0.225 e. The summed E-state index contributed by atoms with van der Waals surface area (Å²) < 4.78 is 0. The number of hydrogen-bond donors (Lipinski definition) is 1. The highest BCUT2D eigenvalue weighted by Gasteiger charge is 2.43. The van der Waals surface area contributed by atoms with Crippen LogP contribution in [0.5, 0.6) is 0 Å². The molecule has 0 bridgehead atoms. The van der Waals surface area contributed by atoms with E-state index in [4.69, 9.17) is 5.73 Å². The Labute approximate surface area is 92.0 Å². The maximum Gasteiger partial charge on any atom is 0.225 e. The maximum atomic E-state index is 12.0. The highest BCUT2D eigenvalue weighted by atomic mass is 16.2. The van der Waals surface area contributed by atoms with Crippen molar-refractivity contribution >= 4 is 5.91 Å². The topological polar surface area (TPSA) is 46.3 Å². The third-order valence-electron chi connectivity index (χ3n) is 3.78. The Morgan fingerprint density at radius 2 is 2.00 bits per heavy atom. The molecule has 0 aromatic heterocycles. The molecule has 2 N–H and O–H groups in total. The van der Waals surface area contributed by atoms with Gasteiger partial charge in [0.2, 0.25) is 5.91 Å². The Hall–Kier alpha value is -0.570. The Morgan fingerprint density at radius 1 is 1.40 bits per heavy atom. The van der Waals surface area contributed by atoms with Crippen molar-refractivity contribution in [3.8, 4) is 0 Å².